The van der Waals surface area contributed by atoms with E-state index < -0.39 is 0 Å². The number of benzene rings is 1. The van der Waals surface area contributed by atoms with Gasteiger partial charge in [0, 0.05) is 18.2 Å². The van der Waals surface area contributed by atoms with Gasteiger partial charge in [-0.1, -0.05) is 32.9 Å². The maximum Gasteiger partial charge on any atom is 0.130 e. The van der Waals surface area contributed by atoms with E-state index in [2.05, 4.69) is 55.9 Å². The Bertz CT molecular complexity index is 597. The second kappa shape index (κ2) is 5.71. The van der Waals surface area contributed by atoms with Crippen LogP contribution in [0.5, 0.6) is 0 Å². The average Bonchev–Trinajstić information content (AvgIpc) is 2.38. The number of hydrogen-bond donors (Lipinski definition) is 1. The first-order valence-corrected chi connectivity index (χ1v) is 7.05. The van der Waals surface area contributed by atoms with E-state index in [1.165, 1.54) is 16.7 Å². The normalized spacial score (nSPS) is 11.7. The van der Waals surface area contributed by atoms with Crippen molar-refractivity contribution in [3.8, 4) is 11.3 Å². The summed E-state index contributed by atoms with van der Waals surface area (Å²) in [5, 5.41) is 0. The Hall–Kier alpha value is -1.74. The first-order chi connectivity index (χ1) is 9.41. The van der Waals surface area contributed by atoms with Crippen molar-refractivity contribution in [3.63, 3.8) is 0 Å². The number of hydrogen-bond acceptors (Lipinski definition) is 3. The molecule has 3 heteroatoms. The van der Waals surface area contributed by atoms with Crippen LogP contribution in [0.2, 0.25) is 0 Å². The minimum atomic E-state index is 0.134. The molecule has 0 fully saturated rings. The van der Waals surface area contributed by atoms with Gasteiger partial charge >= 0.3 is 0 Å². The molecule has 0 aliphatic heterocycles. The predicted octanol–water partition coefficient (Wildman–Crippen LogP) is 3.25. The van der Waals surface area contributed by atoms with Crippen molar-refractivity contribution in [3.05, 3.63) is 47.4 Å². The van der Waals surface area contributed by atoms with Crippen LogP contribution in [-0.4, -0.2) is 16.5 Å². The summed E-state index contributed by atoms with van der Waals surface area (Å²) in [6.45, 7) is 9.36. The van der Waals surface area contributed by atoms with Gasteiger partial charge in [-0.3, -0.25) is 0 Å². The molecule has 0 amide bonds. The van der Waals surface area contributed by atoms with Gasteiger partial charge in [0.05, 0.1) is 5.69 Å². The van der Waals surface area contributed by atoms with Gasteiger partial charge in [-0.05, 0) is 42.1 Å². The van der Waals surface area contributed by atoms with Crippen LogP contribution >= 0.6 is 0 Å². The summed E-state index contributed by atoms with van der Waals surface area (Å²) in [7, 11) is 0. The van der Waals surface area contributed by atoms with Gasteiger partial charge in [-0.2, -0.15) is 0 Å². The highest BCUT2D eigenvalue weighted by atomic mass is 14.9. The molecule has 0 saturated heterocycles. The highest BCUT2D eigenvalue weighted by Crippen LogP contribution is 2.29. The molecule has 0 aliphatic carbocycles. The van der Waals surface area contributed by atoms with Crippen molar-refractivity contribution in [2.75, 3.05) is 6.54 Å². The van der Waals surface area contributed by atoms with Crippen LogP contribution in [0.1, 0.15) is 37.7 Å². The molecule has 1 heterocycles. The van der Waals surface area contributed by atoms with Crippen molar-refractivity contribution in [2.24, 2.45) is 5.73 Å². The van der Waals surface area contributed by atoms with E-state index in [9.17, 15) is 0 Å². The maximum absolute atomic E-state index is 5.58. The summed E-state index contributed by atoms with van der Waals surface area (Å²) in [4.78, 5) is 8.89. The van der Waals surface area contributed by atoms with Gasteiger partial charge in [-0.15, -0.1) is 0 Å². The van der Waals surface area contributed by atoms with Crippen LogP contribution in [0.4, 0.5) is 0 Å². The lowest BCUT2D eigenvalue weighted by Crippen LogP contribution is -2.11. The standard InChI is InChI=1S/C17H23N3/c1-12-5-6-13(17(2,3)4)11-14(12)15-8-10-19-16(20-15)7-9-18/h5-6,8,10-11H,7,9,18H2,1-4H3. The largest absolute Gasteiger partial charge is 0.330 e. The number of rotatable bonds is 3. The molecule has 0 radical (unpaired) electrons. The van der Waals surface area contributed by atoms with Crippen LogP contribution in [0, 0.1) is 6.92 Å². The van der Waals surface area contributed by atoms with E-state index in [0.717, 1.165) is 11.5 Å². The van der Waals surface area contributed by atoms with E-state index in [-0.39, 0.29) is 5.41 Å². The van der Waals surface area contributed by atoms with Gasteiger partial charge in [0.2, 0.25) is 0 Å². The summed E-state index contributed by atoms with van der Waals surface area (Å²) >= 11 is 0. The van der Waals surface area contributed by atoms with E-state index in [0.29, 0.717) is 13.0 Å². The van der Waals surface area contributed by atoms with Gasteiger partial charge in [-0.25, -0.2) is 9.97 Å². The van der Waals surface area contributed by atoms with Crippen LogP contribution in [0.15, 0.2) is 30.5 Å². The van der Waals surface area contributed by atoms with Gasteiger partial charge in [0.15, 0.2) is 0 Å². The van der Waals surface area contributed by atoms with Crippen molar-refractivity contribution in [1.82, 2.24) is 9.97 Å². The van der Waals surface area contributed by atoms with Crippen LogP contribution < -0.4 is 5.73 Å². The molecule has 2 N–H and O–H groups in total. The summed E-state index contributed by atoms with van der Waals surface area (Å²) in [6, 6.07) is 8.57. The van der Waals surface area contributed by atoms with Crippen molar-refractivity contribution < 1.29 is 0 Å². The topological polar surface area (TPSA) is 51.8 Å². The van der Waals surface area contributed by atoms with Crippen LogP contribution in [0.25, 0.3) is 11.3 Å². The molecule has 0 spiro atoms. The first kappa shape index (κ1) is 14.7. The number of aryl methyl sites for hydroxylation is 1. The minimum absolute atomic E-state index is 0.134. The summed E-state index contributed by atoms with van der Waals surface area (Å²) < 4.78 is 0. The number of nitrogens with two attached hydrogens (primary N) is 1. The lowest BCUT2D eigenvalue weighted by Gasteiger charge is -2.20. The Morgan fingerprint density at radius 1 is 1.15 bits per heavy atom. The SMILES string of the molecule is Cc1ccc(C(C)(C)C)cc1-c1ccnc(CCN)n1. The van der Waals surface area contributed by atoms with Gasteiger partial charge in [0.25, 0.3) is 0 Å². The lowest BCUT2D eigenvalue weighted by molar-refractivity contribution is 0.590. The quantitative estimate of drug-likeness (QED) is 0.930. The van der Waals surface area contributed by atoms with Crippen molar-refractivity contribution in [2.45, 2.75) is 39.5 Å². The molecule has 2 aromatic rings. The Morgan fingerprint density at radius 2 is 1.90 bits per heavy atom. The minimum Gasteiger partial charge on any atom is -0.330 e. The Kier molecular flexibility index (Phi) is 4.19. The van der Waals surface area contributed by atoms with E-state index in [1.54, 1.807) is 0 Å². The van der Waals surface area contributed by atoms with Crippen molar-refractivity contribution >= 4 is 0 Å². The summed E-state index contributed by atoms with van der Waals surface area (Å²) in [6.07, 6.45) is 2.53. The fourth-order valence-corrected chi connectivity index (χ4v) is 2.16. The molecule has 0 saturated carbocycles. The molecule has 1 aromatic heterocycles. The molecule has 1 aromatic carbocycles. The fraction of sp³-hybridized carbons (Fsp3) is 0.412. The van der Waals surface area contributed by atoms with Crippen LogP contribution in [0.3, 0.4) is 0 Å². The first-order valence-electron chi connectivity index (χ1n) is 7.05. The molecule has 0 aliphatic rings. The zero-order valence-electron chi connectivity index (χ0n) is 12.8. The molecular weight excluding hydrogens is 246 g/mol. The second-order valence-corrected chi connectivity index (χ2v) is 6.18. The smallest absolute Gasteiger partial charge is 0.130 e. The predicted molar refractivity (Wildman–Crippen MR) is 83.7 cm³/mol. The third kappa shape index (κ3) is 3.23. The molecular formula is C17H23N3. The van der Waals surface area contributed by atoms with Gasteiger partial charge in [0.1, 0.15) is 5.82 Å². The molecule has 0 atom stereocenters. The molecule has 2 rings (SSSR count). The Labute approximate surface area is 121 Å². The Balaban J connectivity index is 2.49. The van der Waals surface area contributed by atoms with E-state index >= 15 is 0 Å². The molecule has 3 nitrogen and oxygen atoms in total. The maximum atomic E-state index is 5.58. The third-order valence-corrected chi connectivity index (χ3v) is 3.45. The van der Waals surface area contributed by atoms with Gasteiger partial charge < -0.3 is 5.73 Å². The zero-order chi connectivity index (χ0) is 14.8. The van der Waals surface area contributed by atoms with Crippen LogP contribution in [-0.2, 0) is 11.8 Å². The number of nitrogens with zero attached hydrogens (tertiary/aromatic N) is 2. The molecule has 20 heavy (non-hydrogen) atoms. The molecule has 0 bridgehead atoms. The van der Waals surface area contributed by atoms with Crippen molar-refractivity contribution in [1.29, 1.82) is 0 Å². The Morgan fingerprint density at radius 3 is 2.55 bits per heavy atom. The number of aromatic nitrogens is 2. The second-order valence-electron chi connectivity index (χ2n) is 6.18. The average molecular weight is 269 g/mol. The highest BCUT2D eigenvalue weighted by Gasteiger charge is 2.15. The monoisotopic (exact) mass is 269 g/mol. The lowest BCUT2D eigenvalue weighted by atomic mass is 9.85. The molecule has 0 unspecified atom stereocenters. The molecule has 106 valence electrons. The van der Waals surface area contributed by atoms with E-state index in [1.807, 2.05) is 12.3 Å². The fourth-order valence-electron chi connectivity index (χ4n) is 2.16. The zero-order valence-corrected chi connectivity index (χ0v) is 12.8. The summed E-state index contributed by atoms with van der Waals surface area (Å²) in [5.74, 6) is 0.811. The highest BCUT2D eigenvalue weighted by molar-refractivity contribution is 5.64. The third-order valence-electron chi connectivity index (χ3n) is 3.45. The van der Waals surface area contributed by atoms with E-state index in [4.69, 9.17) is 5.73 Å². The summed E-state index contributed by atoms with van der Waals surface area (Å²) in [5.41, 5.74) is 10.4.